The van der Waals surface area contributed by atoms with Gasteiger partial charge in [-0.1, -0.05) is 25.5 Å². The molecule has 2 aromatic rings. The SMILES string of the molecule is CCCCOc1ccc(C(=O)Nc2cccc(C(C)C(=O)O)c2)cc1OC. The number of benzene rings is 2. The van der Waals surface area contributed by atoms with Gasteiger partial charge in [-0.25, -0.2) is 0 Å². The van der Waals surface area contributed by atoms with Crippen LogP contribution in [0.15, 0.2) is 42.5 Å². The van der Waals surface area contributed by atoms with Gasteiger partial charge < -0.3 is 19.9 Å². The lowest BCUT2D eigenvalue weighted by atomic mass is 10.0. The molecule has 0 bridgehead atoms. The van der Waals surface area contributed by atoms with Crippen LogP contribution in [-0.2, 0) is 4.79 Å². The van der Waals surface area contributed by atoms with E-state index in [1.165, 1.54) is 7.11 Å². The number of rotatable bonds is 9. The van der Waals surface area contributed by atoms with Gasteiger partial charge in [0, 0.05) is 11.3 Å². The van der Waals surface area contributed by atoms with E-state index in [9.17, 15) is 9.59 Å². The van der Waals surface area contributed by atoms with Crippen molar-refractivity contribution >= 4 is 17.6 Å². The summed E-state index contributed by atoms with van der Waals surface area (Å²) in [6.07, 6.45) is 1.97. The predicted molar refractivity (Wildman–Crippen MR) is 104 cm³/mol. The number of carboxylic acid groups (broad SMARTS) is 1. The van der Waals surface area contributed by atoms with Gasteiger partial charge in [-0.3, -0.25) is 9.59 Å². The van der Waals surface area contributed by atoms with Crippen molar-refractivity contribution in [3.63, 3.8) is 0 Å². The number of nitrogens with one attached hydrogen (secondary N) is 1. The molecule has 0 saturated heterocycles. The zero-order valence-corrected chi connectivity index (χ0v) is 15.8. The topological polar surface area (TPSA) is 84.9 Å². The number of carbonyl (C=O) groups is 2. The number of amides is 1. The summed E-state index contributed by atoms with van der Waals surface area (Å²) in [7, 11) is 1.53. The van der Waals surface area contributed by atoms with Crippen LogP contribution in [0, 0.1) is 0 Å². The second-order valence-electron chi connectivity index (χ2n) is 6.21. The smallest absolute Gasteiger partial charge is 0.310 e. The highest BCUT2D eigenvalue weighted by molar-refractivity contribution is 6.04. The number of ether oxygens (including phenoxy) is 2. The highest BCUT2D eigenvalue weighted by Gasteiger charge is 2.15. The standard InChI is InChI=1S/C21H25NO5/c1-4-5-11-27-18-10-9-16(13-19(18)26-3)20(23)22-17-8-6-7-15(12-17)14(2)21(24)25/h6-10,12-14H,4-5,11H2,1-3H3,(H,22,23)(H,24,25). The van der Waals surface area contributed by atoms with Gasteiger partial charge in [0.1, 0.15) is 0 Å². The first-order chi connectivity index (χ1) is 13.0. The van der Waals surface area contributed by atoms with E-state index < -0.39 is 11.9 Å². The van der Waals surface area contributed by atoms with Crippen molar-refractivity contribution in [2.45, 2.75) is 32.6 Å². The van der Waals surface area contributed by atoms with Crippen LogP contribution in [0.1, 0.15) is 48.5 Å². The van der Waals surface area contributed by atoms with Gasteiger partial charge in [0.15, 0.2) is 11.5 Å². The summed E-state index contributed by atoms with van der Waals surface area (Å²) in [6, 6.07) is 11.8. The van der Waals surface area contributed by atoms with E-state index in [0.29, 0.717) is 34.9 Å². The van der Waals surface area contributed by atoms with Gasteiger partial charge in [0.2, 0.25) is 0 Å². The lowest BCUT2D eigenvalue weighted by molar-refractivity contribution is -0.138. The second kappa shape index (κ2) is 9.62. The predicted octanol–water partition coefficient (Wildman–Crippen LogP) is 4.31. The zero-order valence-electron chi connectivity index (χ0n) is 15.8. The van der Waals surface area contributed by atoms with Gasteiger partial charge in [0.05, 0.1) is 19.6 Å². The summed E-state index contributed by atoms with van der Waals surface area (Å²) in [5, 5.41) is 11.9. The maximum absolute atomic E-state index is 12.5. The Hall–Kier alpha value is -3.02. The van der Waals surface area contributed by atoms with Gasteiger partial charge in [-0.2, -0.15) is 0 Å². The average molecular weight is 371 g/mol. The minimum Gasteiger partial charge on any atom is -0.493 e. The van der Waals surface area contributed by atoms with E-state index in [-0.39, 0.29) is 5.91 Å². The minimum absolute atomic E-state index is 0.312. The van der Waals surface area contributed by atoms with Crippen molar-refractivity contribution in [1.29, 1.82) is 0 Å². The van der Waals surface area contributed by atoms with Crippen LogP contribution >= 0.6 is 0 Å². The van der Waals surface area contributed by atoms with Crippen LogP contribution in [0.25, 0.3) is 0 Å². The molecule has 0 fully saturated rings. The van der Waals surface area contributed by atoms with E-state index in [1.54, 1.807) is 49.4 Å². The van der Waals surface area contributed by atoms with Crippen molar-refractivity contribution in [1.82, 2.24) is 0 Å². The number of anilines is 1. The molecule has 27 heavy (non-hydrogen) atoms. The number of methoxy groups -OCH3 is 1. The first-order valence-electron chi connectivity index (χ1n) is 8.91. The third-order valence-electron chi connectivity index (χ3n) is 4.20. The number of hydrogen-bond donors (Lipinski definition) is 2. The van der Waals surface area contributed by atoms with Gasteiger partial charge >= 0.3 is 5.97 Å². The zero-order chi connectivity index (χ0) is 19.8. The third-order valence-corrected chi connectivity index (χ3v) is 4.20. The fourth-order valence-corrected chi connectivity index (χ4v) is 2.49. The summed E-state index contributed by atoms with van der Waals surface area (Å²) in [6.45, 7) is 4.28. The molecule has 0 heterocycles. The first-order valence-corrected chi connectivity index (χ1v) is 8.91. The van der Waals surface area contributed by atoms with Crippen LogP contribution in [0.3, 0.4) is 0 Å². The monoisotopic (exact) mass is 371 g/mol. The number of hydrogen-bond acceptors (Lipinski definition) is 4. The molecule has 144 valence electrons. The molecule has 6 nitrogen and oxygen atoms in total. The quantitative estimate of drug-likeness (QED) is 0.642. The molecule has 0 aromatic heterocycles. The Bertz CT molecular complexity index is 803. The summed E-state index contributed by atoms with van der Waals surface area (Å²) < 4.78 is 11.0. The van der Waals surface area contributed by atoms with Crippen molar-refractivity contribution in [2.75, 3.05) is 19.0 Å². The minimum atomic E-state index is -0.915. The Kier molecular flexibility index (Phi) is 7.23. The number of aliphatic carboxylic acids is 1. The summed E-state index contributed by atoms with van der Waals surface area (Å²) in [5.41, 5.74) is 1.58. The summed E-state index contributed by atoms with van der Waals surface area (Å²) >= 11 is 0. The molecule has 0 saturated carbocycles. The molecule has 2 aromatic carbocycles. The number of unbranched alkanes of at least 4 members (excludes halogenated alkanes) is 1. The van der Waals surface area contributed by atoms with Crippen LogP contribution < -0.4 is 14.8 Å². The van der Waals surface area contributed by atoms with Gasteiger partial charge in [-0.15, -0.1) is 0 Å². The molecular weight excluding hydrogens is 346 g/mol. The third kappa shape index (κ3) is 5.48. The van der Waals surface area contributed by atoms with E-state index in [0.717, 1.165) is 12.8 Å². The normalized spacial score (nSPS) is 11.5. The lowest BCUT2D eigenvalue weighted by Crippen LogP contribution is -2.13. The fourth-order valence-electron chi connectivity index (χ4n) is 2.49. The fraction of sp³-hybridized carbons (Fsp3) is 0.333. The van der Waals surface area contributed by atoms with Crippen molar-refractivity contribution in [3.8, 4) is 11.5 Å². The van der Waals surface area contributed by atoms with E-state index in [4.69, 9.17) is 14.6 Å². The Balaban J connectivity index is 2.14. The van der Waals surface area contributed by atoms with Crippen LogP contribution in [-0.4, -0.2) is 30.7 Å². The van der Waals surface area contributed by atoms with Gasteiger partial charge in [0.25, 0.3) is 5.91 Å². The van der Waals surface area contributed by atoms with Crippen LogP contribution in [0.2, 0.25) is 0 Å². The average Bonchev–Trinajstić information content (AvgIpc) is 2.67. The first kappa shape index (κ1) is 20.3. The van der Waals surface area contributed by atoms with Crippen molar-refractivity contribution < 1.29 is 24.2 Å². The molecule has 0 aliphatic heterocycles. The van der Waals surface area contributed by atoms with Gasteiger partial charge in [-0.05, 0) is 49.2 Å². The molecule has 1 atom stereocenters. The molecule has 0 spiro atoms. The van der Waals surface area contributed by atoms with Crippen molar-refractivity contribution in [2.24, 2.45) is 0 Å². The van der Waals surface area contributed by atoms with E-state index in [1.807, 2.05) is 0 Å². The maximum atomic E-state index is 12.5. The summed E-state index contributed by atoms with van der Waals surface area (Å²) in [4.78, 5) is 23.7. The molecule has 1 amide bonds. The molecule has 2 N–H and O–H groups in total. The lowest BCUT2D eigenvalue weighted by Gasteiger charge is -2.13. The molecular formula is C21H25NO5. The van der Waals surface area contributed by atoms with E-state index >= 15 is 0 Å². The number of carboxylic acids is 1. The Morgan fingerprint density at radius 1 is 1.15 bits per heavy atom. The summed E-state index contributed by atoms with van der Waals surface area (Å²) in [5.74, 6) is -0.788. The molecule has 0 radical (unpaired) electrons. The molecule has 0 aliphatic carbocycles. The maximum Gasteiger partial charge on any atom is 0.310 e. The second-order valence-corrected chi connectivity index (χ2v) is 6.21. The van der Waals surface area contributed by atoms with E-state index in [2.05, 4.69) is 12.2 Å². The largest absolute Gasteiger partial charge is 0.493 e. The Morgan fingerprint density at radius 3 is 2.59 bits per heavy atom. The Labute approximate surface area is 159 Å². The Morgan fingerprint density at radius 2 is 1.93 bits per heavy atom. The molecule has 0 aliphatic rings. The molecule has 2 rings (SSSR count). The molecule has 6 heteroatoms. The number of carbonyl (C=O) groups excluding carboxylic acids is 1. The van der Waals surface area contributed by atoms with Crippen LogP contribution in [0.4, 0.5) is 5.69 Å². The molecule has 1 unspecified atom stereocenters. The van der Waals surface area contributed by atoms with Crippen molar-refractivity contribution in [3.05, 3.63) is 53.6 Å². The van der Waals surface area contributed by atoms with Crippen LogP contribution in [0.5, 0.6) is 11.5 Å². The highest BCUT2D eigenvalue weighted by Crippen LogP contribution is 2.29. The highest BCUT2D eigenvalue weighted by atomic mass is 16.5.